The quantitative estimate of drug-likeness (QED) is 0.909. The summed E-state index contributed by atoms with van der Waals surface area (Å²) < 4.78 is 12.4. The lowest BCUT2D eigenvalue weighted by Crippen LogP contribution is -2.18. The molecule has 0 saturated carbocycles. The van der Waals surface area contributed by atoms with E-state index in [1.165, 1.54) is 5.56 Å². The van der Waals surface area contributed by atoms with Crippen LogP contribution in [0.4, 0.5) is 0 Å². The van der Waals surface area contributed by atoms with E-state index in [4.69, 9.17) is 15.2 Å². The number of ether oxygens (including phenoxy) is 2. The summed E-state index contributed by atoms with van der Waals surface area (Å²) in [6.07, 6.45) is 3.34. The predicted molar refractivity (Wildman–Crippen MR) is 76.0 cm³/mol. The van der Waals surface area contributed by atoms with Gasteiger partial charge in [0.2, 0.25) is 0 Å². The maximum atomic E-state index is 5.84. The fraction of sp³-hybridized carbons (Fsp3) is 0.571. The van der Waals surface area contributed by atoms with Gasteiger partial charge in [-0.15, -0.1) is 0 Å². The molecule has 2 rings (SSSR count). The molecule has 4 heteroatoms. The Morgan fingerprint density at radius 1 is 1.56 bits per heavy atom. The lowest BCUT2D eigenvalue weighted by Gasteiger charge is -2.14. The van der Waals surface area contributed by atoms with Crippen LogP contribution in [-0.4, -0.2) is 25.4 Å². The highest BCUT2D eigenvalue weighted by Crippen LogP contribution is 2.24. The monoisotopic (exact) mass is 313 g/mol. The molecule has 18 heavy (non-hydrogen) atoms. The molecule has 0 aromatic heterocycles. The van der Waals surface area contributed by atoms with E-state index in [0.29, 0.717) is 6.61 Å². The first-order valence-electron chi connectivity index (χ1n) is 6.43. The lowest BCUT2D eigenvalue weighted by atomic mass is 10.1. The Morgan fingerprint density at radius 2 is 2.39 bits per heavy atom. The molecule has 3 nitrogen and oxygen atoms in total. The van der Waals surface area contributed by atoms with Gasteiger partial charge >= 0.3 is 0 Å². The van der Waals surface area contributed by atoms with E-state index in [1.54, 1.807) is 0 Å². The topological polar surface area (TPSA) is 44.5 Å². The van der Waals surface area contributed by atoms with Crippen molar-refractivity contribution in [1.82, 2.24) is 0 Å². The number of halogens is 1. The van der Waals surface area contributed by atoms with Gasteiger partial charge in [-0.05, 0) is 49.9 Å². The van der Waals surface area contributed by atoms with Crippen molar-refractivity contribution in [3.8, 4) is 5.75 Å². The Labute approximate surface area is 117 Å². The summed E-state index contributed by atoms with van der Waals surface area (Å²) in [7, 11) is 0. The van der Waals surface area contributed by atoms with Crippen LogP contribution < -0.4 is 10.5 Å². The first kappa shape index (κ1) is 13.8. The van der Waals surface area contributed by atoms with Gasteiger partial charge < -0.3 is 15.2 Å². The van der Waals surface area contributed by atoms with Gasteiger partial charge in [0, 0.05) is 17.1 Å². The fourth-order valence-electron chi connectivity index (χ4n) is 2.11. The molecular formula is C14H20BrNO2. The first-order valence-corrected chi connectivity index (χ1v) is 7.23. The van der Waals surface area contributed by atoms with Crippen LogP contribution in [0.25, 0.3) is 0 Å². The molecular weight excluding hydrogens is 294 g/mol. The molecule has 2 unspecified atom stereocenters. The molecule has 1 aliphatic heterocycles. The molecule has 1 aromatic rings. The second-order valence-corrected chi connectivity index (χ2v) is 5.73. The molecule has 0 radical (unpaired) electrons. The first-order chi connectivity index (χ1) is 8.65. The van der Waals surface area contributed by atoms with E-state index in [2.05, 4.69) is 22.0 Å². The summed E-state index contributed by atoms with van der Waals surface area (Å²) in [5.74, 6) is 0.893. The van der Waals surface area contributed by atoms with Gasteiger partial charge in [-0.3, -0.25) is 0 Å². The second kappa shape index (κ2) is 6.55. The van der Waals surface area contributed by atoms with Gasteiger partial charge in [0.15, 0.2) is 0 Å². The van der Waals surface area contributed by atoms with Gasteiger partial charge in [-0.2, -0.15) is 0 Å². The van der Waals surface area contributed by atoms with Crippen molar-refractivity contribution < 1.29 is 9.47 Å². The van der Waals surface area contributed by atoms with Crippen LogP contribution in [0.15, 0.2) is 22.7 Å². The standard InChI is InChI=1S/C14H20BrNO2/c1-10(16)7-11-8-12(4-5-14(11)15)18-9-13-3-2-6-17-13/h4-5,8,10,13H,2-3,6-7,9,16H2,1H3. The van der Waals surface area contributed by atoms with Crippen molar-refractivity contribution in [2.24, 2.45) is 5.73 Å². The molecule has 1 fully saturated rings. The Balaban J connectivity index is 1.95. The molecule has 0 bridgehead atoms. The Kier molecular flexibility index (Phi) is 5.03. The van der Waals surface area contributed by atoms with Crippen molar-refractivity contribution >= 4 is 15.9 Å². The number of rotatable bonds is 5. The van der Waals surface area contributed by atoms with E-state index in [-0.39, 0.29) is 12.1 Å². The molecule has 100 valence electrons. The van der Waals surface area contributed by atoms with Crippen LogP contribution in [0.5, 0.6) is 5.75 Å². The lowest BCUT2D eigenvalue weighted by molar-refractivity contribution is 0.0679. The van der Waals surface area contributed by atoms with Gasteiger partial charge in [0.05, 0.1) is 6.10 Å². The summed E-state index contributed by atoms with van der Waals surface area (Å²) in [5, 5.41) is 0. The maximum Gasteiger partial charge on any atom is 0.119 e. The number of benzene rings is 1. The van der Waals surface area contributed by atoms with E-state index >= 15 is 0 Å². The van der Waals surface area contributed by atoms with Gasteiger partial charge in [-0.25, -0.2) is 0 Å². The fourth-order valence-corrected chi connectivity index (χ4v) is 2.52. The van der Waals surface area contributed by atoms with Crippen molar-refractivity contribution in [3.05, 3.63) is 28.2 Å². The molecule has 1 aromatic carbocycles. The van der Waals surface area contributed by atoms with Crippen LogP contribution >= 0.6 is 15.9 Å². The van der Waals surface area contributed by atoms with Gasteiger partial charge in [0.1, 0.15) is 12.4 Å². The third-order valence-electron chi connectivity index (χ3n) is 3.02. The summed E-state index contributed by atoms with van der Waals surface area (Å²) in [4.78, 5) is 0. The summed E-state index contributed by atoms with van der Waals surface area (Å²) in [5.41, 5.74) is 7.02. The summed E-state index contributed by atoms with van der Waals surface area (Å²) in [6, 6.07) is 6.20. The average molecular weight is 314 g/mol. The van der Waals surface area contributed by atoms with Gasteiger partial charge in [0.25, 0.3) is 0 Å². The highest BCUT2D eigenvalue weighted by atomic mass is 79.9. The van der Waals surface area contributed by atoms with Crippen molar-refractivity contribution in [2.75, 3.05) is 13.2 Å². The smallest absolute Gasteiger partial charge is 0.119 e. The molecule has 0 amide bonds. The van der Waals surface area contributed by atoms with Gasteiger partial charge in [-0.1, -0.05) is 15.9 Å². The zero-order valence-corrected chi connectivity index (χ0v) is 12.3. The third-order valence-corrected chi connectivity index (χ3v) is 3.79. The third kappa shape index (κ3) is 3.97. The molecule has 1 aliphatic rings. The molecule has 1 heterocycles. The van der Waals surface area contributed by atoms with Crippen molar-refractivity contribution in [3.63, 3.8) is 0 Å². The van der Waals surface area contributed by atoms with Crippen LogP contribution in [-0.2, 0) is 11.2 Å². The summed E-state index contributed by atoms with van der Waals surface area (Å²) >= 11 is 3.54. The highest BCUT2D eigenvalue weighted by molar-refractivity contribution is 9.10. The van der Waals surface area contributed by atoms with Crippen LogP contribution in [0.2, 0.25) is 0 Å². The number of hydrogen-bond donors (Lipinski definition) is 1. The predicted octanol–water partition coefficient (Wildman–Crippen LogP) is 2.90. The molecule has 0 aliphatic carbocycles. The average Bonchev–Trinajstić information content (AvgIpc) is 2.82. The summed E-state index contributed by atoms with van der Waals surface area (Å²) in [6.45, 7) is 3.51. The Bertz CT molecular complexity index is 389. The van der Waals surface area contributed by atoms with Crippen LogP contribution in [0, 0.1) is 0 Å². The van der Waals surface area contributed by atoms with E-state index in [0.717, 1.165) is 36.1 Å². The van der Waals surface area contributed by atoms with E-state index in [9.17, 15) is 0 Å². The minimum absolute atomic E-state index is 0.148. The number of hydrogen-bond acceptors (Lipinski definition) is 3. The molecule has 0 spiro atoms. The van der Waals surface area contributed by atoms with Crippen LogP contribution in [0.3, 0.4) is 0 Å². The van der Waals surface area contributed by atoms with Crippen LogP contribution in [0.1, 0.15) is 25.3 Å². The van der Waals surface area contributed by atoms with E-state index in [1.807, 2.05) is 19.1 Å². The second-order valence-electron chi connectivity index (χ2n) is 4.88. The molecule has 1 saturated heterocycles. The Morgan fingerprint density at radius 3 is 3.06 bits per heavy atom. The largest absolute Gasteiger partial charge is 0.491 e. The molecule has 2 N–H and O–H groups in total. The van der Waals surface area contributed by atoms with E-state index < -0.39 is 0 Å². The zero-order chi connectivity index (χ0) is 13.0. The molecule has 2 atom stereocenters. The van der Waals surface area contributed by atoms with Crippen molar-refractivity contribution in [1.29, 1.82) is 0 Å². The zero-order valence-electron chi connectivity index (χ0n) is 10.7. The minimum Gasteiger partial charge on any atom is -0.491 e. The normalized spacial score (nSPS) is 20.9. The SMILES string of the molecule is CC(N)Cc1cc(OCC2CCCO2)ccc1Br. The van der Waals surface area contributed by atoms with Crippen molar-refractivity contribution in [2.45, 2.75) is 38.3 Å². The Hall–Kier alpha value is -0.580. The highest BCUT2D eigenvalue weighted by Gasteiger charge is 2.16. The minimum atomic E-state index is 0.148. The number of nitrogens with two attached hydrogens (primary N) is 1. The maximum absolute atomic E-state index is 5.84.